The van der Waals surface area contributed by atoms with Crippen molar-refractivity contribution in [1.82, 2.24) is 0 Å². The number of hydrogen-bond donors (Lipinski definition) is 1. The lowest BCUT2D eigenvalue weighted by molar-refractivity contribution is 0.104. The lowest BCUT2D eigenvalue weighted by Gasteiger charge is -2.08. The standard InChI is InChI=1S/C26H20Cl2O3/c1-2-25(29)18-5-3-16(4-6-18)15-31-23-7-8-24-19(13-23)12-20(26(24)30)9-17-10-21(27)14-22(28)11-17/h2-11,13-14,29H,12,15H2,1H3/b20-9+,25-2-. The van der Waals surface area contributed by atoms with Gasteiger partial charge in [-0.1, -0.05) is 47.5 Å². The van der Waals surface area contributed by atoms with Crippen molar-refractivity contribution in [2.75, 3.05) is 0 Å². The fourth-order valence-corrected chi connectivity index (χ4v) is 4.11. The highest BCUT2D eigenvalue weighted by Crippen LogP contribution is 2.32. The van der Waals surface area contributed by atoms with Crippen LogP contribution in [0.25, 0.3) is 11.8 Å². The predicted octanol–water partition coefficient (Wildman–Crippen LogP) is 7.31. The molecule has 4 rings (SSSR count). The van der Waals surface area contributed by atoms with Crippen molar-refractivity contribution in [2.45, 2.75) is 20.0 Å². The zero-order valence-electron chi connectivity index (χ0n) is 16.9. The number of ketones is 1. The van der Waals surface area contributed by atoms with Gasteiger partial charge in [0, 0.05) is 33.2 Å². The number of fused-ring (bicyclic) bond motifs is 1. The maximum absolute atomic E-state index is 12.8. The van der Waals surface area contributed by atoms with Crippen molar-refractivity contribution in [3.8, 4) is 5.75 Å². The van der Waals surface area contributed by atoms with Gasteiger partial charge in [-0.25, -0.2) is 0 Å². The summed E-state index contributed by atoms with van der Waals surface area (Å²) in [7, 11) is 0. The fourth-order valence-electron chi connectivity index (χ4n) is 3.57. The summed E-state index contributed by atoms with van der Waals surface area (Å²) >= 11 is 12.1. The van der Waals surface area contributed by atoms with Crippen LogP contribution in [0.4, 0.5) is 0 Å². The molecule has 0 amide bonds. The summed E-state index contributed by atoms with van der Waals surface area (Å²) in [5.74, 6) is 0.968. The Morgan fingerprint density at radius 1 is 1.03 bits per heavy atom. The molecule has 1 aliphatic rings. The van der Waals surface area contributed by atoms with E-state index >= 15 is 0 Å². The van der Waals surface area contributed by atoms with Gasteiger partial charge in [0.1, 0.15) is 18.1 Å². The minimum absolute atomic E-state index is 0.0111. The number of benzene rings is 3. The summed E-state index contributed by atoms with van der Waals surface area (Å²) in [6.07, 6.45) is 4.02. The summed E-state index contributed by atoms with van der Waals surface area (Å²) in [6.45, 7) is 2.18. The van der Waals surface area contributed by atoms with Crippen LogP contribution in [0.1, 0.15) is 39.5 Å². The SMILES string of the molecule is C/C=C(\O)c1ccc(COc2ccc3c(c2)C/C(=C\c2cc(Cl)cc(Cl)c2)C3=O)cc1. The van der Waals surface area contributed by atoms with Crippen LogP contribution in [0.2, 0.25) is 10.0 Å². The van der Waals surface area contributed by atoms with Crippen molar-refractivity contribution in [3.05, 3.63) is 110 Å². The number of ether oxygens (including phenoxy) is 1. The maximum atomic E-state index is 12.8. The molecule has 0 spiro atoms. The second-order valence-electron chi connectivity index (χ2n) is 7.36. The van der Waals surface area contributed by atoms with Gasteiger partial charge in [0.05, 0.1) is 0 Å². The third-order valence-corrected chi connectivity index (χ3v) is 5.58. The van der Waals surface area contributed by atoms with Crippen molar-refractivity contribution in [3.63, 3.8) is 0 Å². The zero-order valence-corrected chi connectivity index (χ0v) is 18.4. The summed E-state index contributed by atoms with van der Waals surface area (Å²) in [5.41, 5.74) is 4.89. The van der Waals surface area contributed by atoms with E-state index in [1.54, 1.807) is 31.2 Å². The molecule has 3 nitrogen and oxygen atoms in total. The Balaban J connectivity index is 1.47. The second kappa shape index (κ2) is 9.01. The Labute approximate surface area is 191 Å². The number of carbonyl (C=O) groups is 1. The maximum Gasteiger partial charge on any atom is 0.189 e. The van der Waals surface area contributed by atoms with Crippen LogP contribution in [0.15, 0.2) is 72.3 Å². The number of aliphatic hydroxyl groups is 1. The summed E-state index contributed by atoms with van der Waals surface area (Å²) in [4.78, 5) is 12.8. The molecule has 0 atom stereocenters. The lowest BCUT2D eigenvalue weighted by Crippen LogP contribution is -1.98. The van der Waals surface area contributed by atoms with E-state index in [-0.39, 0.29) is 11.5 Å². The minimum Gasteiger partial charge on any atom is -0.508 e. The molecule has 156 valence electrons. The molecule has 3 aromatic carbocycles. The number of allylic oxidation sites excluding steroid dienone is 2. The van der Waals surface area contributed by atoms with E-state index in [4.69, 9.17) is 27.9 Å². The number of halogens is 2. The first-order valence-corrected chi connectivity index (χ1v) is 10.6. The van der Waals surface area contributed by atoms with Crippen LogP contribution in [-0.4, -0.2) is 10.9 Å². The van der Waals surface area contributed by atoms with Gasteiger partial charge in [0.2, 0.25) is 0 Å². The molecule has 31 heavy (non-hydrogen) atoms. The first-order valence-electron chi connectivity index (χ1n) is 9.84. The Kier molecular flexibility index (Phi) is 6.17. The van der Waals surface area contributed by atoms with Gasteiger partial charge in [0.15, 0.2) is 5.78 Å². The predicted molar refractivity (Wildman–Crippen MR) is 126 cm³/mol. The van der Waals surface area contributed by atoms with Gasteiger partial charge in [-0.3, -0.25) is 4.79 Å². The summed E-state index contributed by atoms with van der Waals surface area (Å²) in [6, 6.07) is 18.3. The highest BCUT2D eigenvalue weighted by Gasteiger charge is 2.25. The van der Waals surface area contributed by atoms with Crippen LogP contribution in [0, 0.1) is 0 Å². The first kappa shape index (κ1) is 21.2. The molecular formula is C26H20Cl2O3. The molecule has 3 aromatic rings. The highest BCUT2D eigenvalue weighted by atomic mass is 35.5. The van der Waals surface area contributed by atoms with Crippen LogP contribution in [-0.2, 0) is 13.0 Å². The van der Waals surface area contributed by atoms with Gasteiger partial charge in [-0.05, 0) is 72.2 Å². The second-order valence-corrected chi connectivity index (χ2v) is 8.23. The monoisotopic (exact) mass is 450 g/mol. The third kappa shape index (κ3) is 4.84. The minimum atomic E-state index is 0.0111. The summed E-state index contributed by atoms with van der Waals surface area (Å²) < 4.78 is 5.92. The average molecular weight is 451 g/mol. The molecule has 0 fully saturated rings. The van der Waals surface area contributed by atoms with Crippen LogP contribution in [0.5, 0.6) is 5.75 Å². The molecule has 0 radical (unpaired) electrons. The van der Waals surface area contributed by atoms with Gasteiger partial charge in [0.25, 0.3) is 0 Å². The van der Waals surface area contributed by atoms with Crippen LogP contribution < -0.4 is 4.74 Å². The summed E-state index contributed by atoms with van der Waals surface area (Å²) in [5, 5.41) is 10.8. The quantitative estimate of drug-likeness (QED) is 0.327. The molecule has 0 bridgehead atoms. The van der Waals surface area contributed by atoms with Crippen LogP contribution in [0.3, 0.4) is 0 Å². The molecule has 0 heterocycles. The average Bonchev–Trinajstić information content (AvgIpc) is 3.06. The van der Waals surface area contributed by atoms with Crippen molar-refractivity contribution in [2.24, 2.45) is 0 Å². The normalized spacial score (nSPS) is 14.7. The molecule has 1 N–H and O–H groups in total. The van der Waals surface area contributed by atoms with E-state index in [1.165, 1.54) is 0 Å². The smallest absolute Gasteiger partial charge is 0.189 e. The third-order valence-electron chi connectivity index (χ3n) is 5.15. The van der Waals surface area contributed by atoms with Gasteiger partial charge < -0.3 is 9.84 Å². The van der Waals surface area contributed by atoms with E-state index in [1.807, 2.05) is 48.5 Å². The van der Waals surface area contributed by atoms with Crippen molar-refractivity contribution in [1.29, 1.82) is 0 Å². The Bertz CT molecular complexity index is 1190. The number of hydrogen-bond acceptors (Lipinski definition) is 3. The number of carbonyl (C=O) groups excluding carboxylic acids is 1. The molecule has 0 saturated carbocycles. The molecule has 0 aliphatic heterocycles. The lowest BCUT2D eigenvalue weighted by atomic mass is 10.1. The van der Waals surface area contributed by atoms with E-state index in [0.29, 0.717) is 40.0 Å². The van der Waals surface area contributed by atoms with Crippen molar-refractivity contribution >= 4 is 40.8 Å². The first-order chi connectivity index (χ1) is 14.9. The molecular weight excluding hydrogens is 431 g/mol. The fraction of sp³-hybridized carbons (Fsp3) is 0.115. The van der Waals surface area contributed by atoms with Gasteiger partial charge in [-0.2, -0.15) is 0 Å². The van der Waals surface area contributed by atoms with Crippen molar-refractivity contribution < 1.29 is 14.6 Å². The molecule has 5 heteroatoms. The van der Waals surface area contributed by atoms with E-state index in [0.717, 1.165) is 22.3 Å². The van der Waals surface area contributed by atoms with Gasteiger partial charge in [-0.15, -0.1) is 0 Å². The van der Waals surface area contributed by atoms with E-state index < -0.39 is 0 Å². The Morgan fingerprint density at radius 2 is 1.74 bits per heavy atom. The topological polar surface area (TPSA) is 46.5 Å². The van der Waals surface area contributed by atoms with Crippen LogP contribution >= 0.6 is 23.2 Å². The zero-order chi connectivity index (χ0) is 22.0. The number of aliphatic hydroxyl groups excluding tert-OH is 1. The Hall–Kier alpha value is -3.01. The molecule has 0 saturated heterocycles. The molecule has 0 unspecified atom stereocenters. The number of rotatable bonds is 5. The largest absolute Gasteiger partial charge is 0.508 e. The van der Waals surface area contributed by atoms with E-state index in [2.05, 4.69) is 0 Å². The van der Waals surface area contributed by atoms with E-state index in [9.17, 15) is 9.90 Å². The molecule has 0 aromatic heterocycles. The number of Topliss-reactive ketones (excluding diaryl/α,β-unsaturated/α-hetero) is 1. The Morgan fingerprint density at radius 3 is 2.42 bits per heavy atom. The van der Waals surface area contributed by atoms with Gasteiger partial charge >= 0.3 is 0 Å². The molecule has 1 aliphatic carbocycles. The highest BCUT2D eigenvalue weighted by molar-refractivity contribution is 6.34.